The topological polar surface area (TPSA) is 24.9 Å². The van der Waals surface area contributed by atoms with E-state index in [-0.39, 0.29) is 5.41 Å². The van der Waals surface area contributed by atoms with Crippen LogP contribution in [-0.2, 0) is 0 Å². The van der Waals surface area contributed by atoms with Crippen LogP contribution in [0.5, 0.6) is 0 Å². The molecule has 0 aromatic carbocycles. The summed E-state index contributed by atoms with van der Waals surface area (Å²) >= 11 is 0. The zero-order chi connectivity index (χ0) is 11.5. The van der Waals surface area contributed by atoms with E-state index in [0.717, 1.165) is 6.54 Å². The molecule has 1 N–H and O–H groups in total. The second-order valence-electron chi connectivity index (χ2n) is 4.99. The van der Waals surface area contributed by atoms with Gasteiger partial charge in [0.25, 0.3) is 0 Å². The molecule has 1 rings (SSSR count). The van der Waals surface area contributed by atoms with E-state index in [9.17, 15) is 4.39 Å². The van der Waals surface area contributed by atoms with Gasteiger partial charge >= 0.3 is 0 Å². The Hall–Kier alpha value is -1.12. The minimum atomic E-state index is -0.441. The Morgan fingerprint density at radius 1 is 1.40 bits per heavy atom. The molecule has 0 aliphatic carbocycles. The van der Waals surface area contributed by atoms with Crippen LogP contribution < -0.4 is 5.32 Å². The van der Waals surface area contributed by atoms with Gasteiger partial charge in [0.15, 0.2) is 0 Å². The quantitative estimate of drug-likeness (QED) is 0.774. The largest absolute Gasteiger partial charge is 0.370 e. The van der Waals surface area contributed by atoms with Gasteiger partial charge in [-0.3, -0.25) is 0 Å². The summed E-state index contributed by atoms with van der Waals surface area (Å²) in [5.74, 6) is 0.664. The van der Waals surface area contributed by atoms with Crippen LogP contribution in [0, 0.1) is 17.3 Å². The van der Waals surface area contributed by atoms with Gasteiger partial charge in [0.2, 0.25) is 5.95 Å². The highest BCUT2D eigenvalue weighted by Crippen LogP contribution is 2.25. The fraction of sp³-hybridized carbons (Fsp3) is 0.583. The molecule has 1 aromatic heterocycles. The van der Waals surface area contributed by atoms with Crippen molar-refractivity contribution in [3.63, 3.8) is 0 Å². The molecule has 0 fully saturated rings. The van der Waals surface area contributed by atoms with E-state index in [1.165, 1.54) is 6.07 Å². The van der Waals surface area contributed by atoms with Crippen LogP contribution in [0.3, 0.4) is 0 Å². The van der Waals surface area contributed by atoms with E-state index in [1.54, 1.807) is 12.1 Å². The number of anilines is 1. The number of hydrogen-bond acceptors (Lipinski definition) is 2. The highest BCUT2D eigenvalue weighted by atomic mass is 19.1. The summed E-state index contributed by atoms with van der Waals surface area (Å²) in [7, 11) is 0. The lowest BCUT2D eigenvalue weighted by molar-refractivity contribution is 0.274. The van der Waals surface area contributed by atoms with Gasteiger partial charge in [-0.2, -0.15) is 4.39 Å². The molecule has 84 valence electrons. The lowest BCUT2D eigenvalue weighted by Crippen LogP contribution is -2.25. The van der Waals surface area contributed by atoms with Crippen molar-refractivity contribution >= 4 is 5.82 Å². The van der Waals surface area contributed by atoms with Crippen molar-refractivity contribution < 1.29 is 4.39 Å². The molecule has 1 aromatic rings. The van der Waals surface area contributed by atoms with E-state index in [1.807, 2.05) is 0 Å². The molecule has 15 heavy (non-hydrogen) atoms. The number of halogens is 1. The predicted octanol–water partition coefficient (Wildman–Crippen LogP) is 3.31. The maximum atomic E-state index is 12.8. The van der Waals surface area contributed by atoms with Crippen LogP contribution in [0.1, 0.15) is 27.7 Å². The third kappa shape index (κ3) is 3.86. The van der Waals surface area contributed by atoms with Gasteiger partial charge in [-0.05, 0) is 23.5 Å². The average Bonchev–Trinajstić information content (AvgIpc) is 2.12. The summed E-state index contributed by atoms with van der Waals surface area (Å²) in [6, 6.07) is 4.78. The molecule has 1 heterocycles. The Morgan fingerprint density at radius 3 is 2.60 bits per heavy atom. The van der Waals surface area contributed by atoms with E-state index >= 15 is 0 Å². The zero-order valence-electron chi connectivity index (χ0n) is 9.84. The Morgan fingerprint density at radius 2 is 2.07 bits per heavy atom. The first-order chi connectivity index (χ1) is 6.89. The van der Waals surface area contributed by atoms with E-state index in [4.69, 9.17) is 0 Å². The highest BCUT2D eigenvalue weighted by molar-refractivity contribution is 5.33. The third-order valence-electron chi connectivity index (χ3n) is 2.78. The second kappa shape index (κ2) is 4.60. The van der Waals surface area contributed by atoms with Crippen molar-refractivity contribution in [2.75, 3.05) is 11.9 Å². The molecule has 0 saturated carbocycles. The molecule has 3 heteroatoms. The second-order valence-corrected chi connectivity index (χ2v) is 4.99. The molecule has 0 saturated heterocycles. The molecular weight excluding hydrogens is 191 g/mol. The van der Waals surface area contributed by atoms with Gasteiger partial charge in [0.1, 0.15) is 5.82 Å². The number of hydrogen-bond donors (Lipinski definition) is 1. The lowest BCUT2D eigenvalue weighted by atomic mass is 9.82. The highest BCUT2D eigenvalue weighted by Gasteiger charge is 2.19. The molecule has 0 amide bonds. The normalized spacial score (nSPS) is 13.7. The number of nitrogens with one attached hydrogen (secondary N) is 1. The van der Waals surface area contributed by atoms with Gasteiger partial charge in [-0.15, -0.1) is 0 Å². The zero-order valence-corrected chi connectivity index (χ0v) is 9.84. The SMILES string of the molecule is CC(CNc1cccc(F)n1)C(C)(C)C. The summed E-state index contributed by atoms with van der Waals surface area (Å²) in [5.41, 5.74) is 0.250. The van der Waals surface area contributed by atoms with Crippen LogP contribution in [0.2, 0.25) is 0 Å². The number of pyridine rings is 1. The van der Waals surface area contributed by atoms with Gasteiger partial charge in [0.05, 0.1) is 0 Å². The molecule has 0 radical (unpaired) electrons. The first-order valence-corrected chi connectivity index (χ1v) is 5.26. The first kappa shape index (κ1) is 12.0. The number of aromatic nitrogens is 1. The summed E-state index contributed by atoms with van der Waals surface area (Å²) in [5, 5.41) is 3.14. The number of nitrogens with zero attached hydrogens (tertiary/aromatic N) is 1. The molecule has 0 aliphatic heterocycles. The van der Waals surface area contributed by atoms with Gasteiger partial charge < -0.3 is 5.32 Å². The van der Waals surface area contributed by atoms with Crippen molar-refractivity contribution in [3.8, 4) is 0 Å². The predicted molar refractivity (Wildman–Crippen MR) is 61.3 cm³/mol. The third-order valence-corrected chi connectivity index (χ3v) is 2.78. The van der Waals surface area contributed by atoms with Crippen molar-refractivity contribution in [2.45, 2.75) is 27.7 Å². The van der Waals surface area contributed by atoms with E-state index in [2.05, 4.69) is 38.0 Å². The Kier molecular flexibility index (Phi) is 3.66. The van der Waals surface area contributed by atoms with Crippen molar-refractivity contribution in [3.05, 3.63) is 24.1 Å². The summed E-state index contributed by atoms with van der Waals surface area (Å²) in [6.07, 6.45) is 0. The molecule has 0 spiro atoms. The molecule has 0 bridgehead atoms. The van der Waals surface area contributed by atoms with Crippen molar-refractivity contribution in [1.82, 2.24) is 4.98 Å². The minimum Gasteiger partial charge on any atom is -0.370 e. The van der Waals surface area contributed by atoms with Crippen LogP contribution in [0.4, 0.5) is 10.2 Å². The maximum Gasteiger partial charge on any atom is 0.214 e. The Balaban J connectivity index is 2.51. The first-order valence-electron chi connectivity index (χ1n) is 5.26. The Bertz CT molecular complexity index is 318. The van der Waals surface area contributed by atoms with Crippen LogP contribution >= 0.6 is 0 Å². The molecule has 1 atom stereocenters. The van der Waals surface area contributed by atoms with Gasteiger partial charge in [-0.25, -0.2) is 4.98 Å². The molecule has 1 unspecified atom stereocenters. The van der Waals surface area contributed by atoms with Crippen molar-refractivity contribution in [1.29, 1.82) is 0 Å². The van der Waals surface area contributed by atoms with Crippen LogP contribution in [0.25, 0.3) is 0 Å². The summed E-state index contributed by atoms with van der Waals surface area (Å²) < 4.78 is 12.8. The van der Waals surface area contributed by atoms with E-state index < -0.39 is 5.95 Å². The van der Waals surface area contributed by atoms with Crippen LogP contribution in [-0.4, -0.2) is 11.5 Å². The summed E-state index contributed by atoms with van der Waals surface area (Å²) in [6.45, 7) is 9.56. The van der Waals surface area contributed by atoms with Gasteiger partial charge in [0, 0.05) is 6.54 Å². The van der Waals surface area contributed by atoms with E-state index in [0.29, 0.717) is 11.7 Å². The maximum absolute atomic E-state index is 12.8. The lowest BCUT2D eigenvalue weighted by Gasteiger charge is -2.27. The fourth-order valence-electron chi connectivity index (χ4n) is 1.07. The average molecular weight is 210 g/mol. The van der Waals surface area contributed by atoms with Crippen molar-refractivity contribution in [2.24, 2.45) is 11.3 Å². The summed E-state index contributed by atoms with van der Waals surface area (Å²) in [4.78, 5) is 3.75. The molecular formula is C12H19FN2. The Labute approximate surface area is 90.9 Å². The monoisotopic (exact) mass is 210 g/mol. The van der Waals surface area contributed by atoms with Crippen LogP contribution in [0.15, 0.2) is 18.2 Å². The van der Waals surface area contributed by atoms with Gasteiger partial charge in [-0.1, -0.05) is 33.8 Å². The minimum absolute atomic E-state index is 0.250. The smallest absolute Gasteiger partial charge is 0.214 e. The molecule has 2 nitrogen and oxygen atoms in total. The fourth-order valence-corrected chi connectivity index (χ4v) is 1.07. The number of rotatable bonds is 3. The standard InChI is InChI=1S/C12H19FN2/c1-9(12(2,3)4)8-14-11-7-5-6-10(13)15-11/h5-7,9H,8H2,1-4H3,(H,14,15). The molecule has 0 aliphatic rings.